The molecule has 0 aromatic carbocycles. The van der Waals surface area contributed by atoms with E-state index in [9.17, 15) is 13.2 Å². The lowest BCUT2D eigenvalue weighted by molar-refractivity contribution is -0.137. The molecule has 2 heterocycles. The predicted molar refractivity (Wildman–Crippen MR) is 58.8 cm³/mol. The van der Waals surface area contributed by atoms with Crippen molar-refractivity contribution in [3.63, 3.8) is 0 Å². The summed E-state index contributed by atoms with van der Waals surface area (Å²) in [5, 5.41) is 0. The highest BCUT2D eigenvalue weighted by atomic mass is 19.4. The van der Waals surface area contributed by atoms with E-state index >= 15 is 0 Å². The Balaban J connectivity index is 2.32. The van der Waals surface area contributed by atoms with Crippen molar-refractivity contribution in [3.05, 3.63) is 23.4 Å². The van der Waals surface area contributed by atoms with Gasteiger partial charge in [-0.05, 0) is 25.5 Å². The van der Waals surface area contributed by atoms with E-state index < -0.39 is 11.7 Å². The van der Waals surface area contributed by atoms with E-state index in [2.05, 4.69) is 4.98 Å². The van der Waals surface area contributed by atoms with E-state index in [0.29, 0.717) is 24.6 Å². The summed E-state index contributed by atoms with van der Waals surface area (Å²) in [6.07, 6.45) is -3.54. The summed E-state index contributed by atoms with van der Waals surface area (Å²) in [5.41, 5.74) is 5.45. The molecule has 94 valence electrons. The number of pyridine rings is 1. The van der Waals surface area contributed by atoms with E-state index in [4.69, 9.17) is 5.73 Å². The summed E-state index contributed by atoms with van der Waals surface area (Å²) in [6, 6.07) is 2.16. The van der Waals surface area contributed by atoms with Crippen molar-refractivity contribution in [2.45, 2.75) is 25.6 Å². The maximum atomic E-state index is 12.6. The van der Waals surface area contributed by atoms with Gasteiger partial charge >= 0.3 is 6.18 Å². The molecule has 0 radical (unpaired) electrons. The van der Waals surface area contributed by atoms with Gasteiger partial charge in [0.1, 0.15) is 5.82 Å². The van der Waals surface area contributed by atoms with Gasteiger partial charge in [0.05, 0.1) is 5.56 Å². The first-order chi connectivity index (χ1) is 7.86. The van der Waals surface area contributed by atoms with Crippen LogP contribution < -0.4 is 10.6 Å². The van der Waals surface area contributed by atoms with Gasteiger partial charge in [-0.15, -0.1) is 0 Å². The van der Waals surface area contributed by atoms with Gasteiger partial charge in [-0.1, -0.05) is 0 Å². The summed E-state index contributed by atoms with van der Waals surface area (Å²) in [5.74, 6) is 0.366. The molecule has 17 heavy (non-hydrogen) atoms. The second-order valence-electron chi connectivity index (χ2n) is 4.35. The zero-order chi connectivity index (χ0) is 12.6. The maximum absolute atomic E-state index is 12.6. The molecular formula is C11H14F3N3. The van der Waals surface area contributed by atoms with E-state index in [1.165, 1.54) is 0 Å². The third-order valence-corrected chi connectivity index (χ3v) is 2.82. The number of aryl methyl sites for hydroxylation is 1. The van der Waals surface area contributed by atoms with Gasteiger partial charge < -0.3 is 10.6 Å². The molecule has 1 aromatic heterocycles. The zero-order valence-corrected chi connectivity index (χ0v) is 9.46. The Hall–Kier alpha value is -1.30. The van der Waals surface area contributed by atoms with Crippen LogP contribution in [0.25, 0.3) is 0 Å². The van der Waals surface area contributed by atoms with E-state index in [1.54, 1.807) is 11.8 Å². The van der Waals surface area contributed by atoms with Crippen LogP contribution in [0.1, 0.15) is 17.7 Å². The highest BCUT2D eigenvalue weighted by molar-refractivity contribution is 5.44. The number of anilines is 1. The van der Waals surface area contributed by atoms with Crippen molar-refractivity contribution in [2.24, 2.45) is 5.73 Å². The summed E-state index contributed by atoms with van der Waals surface area (Å²) in [6.45, 7) is 2.79. The Labute approximate surface area is 97.4 Å². The van der Waals surface area contributed by atoms with Crippen molar-refractivity contribution < 1.29 is 13.2 Å². The van der Waals surface area contributed by atoms with Crippen LogP contribution in [0.15, 0.2) is 12.1 Å². The third-order valence-electron chi connectivity index (χ3n) is 2.82. The fourth-order valence-electron chi connectivity index (χ4n) is 1.97. The average molecular weight is 245 g/mol. The normalized spacial score (nSPS) is 21.0. The maximum Gasteiger partial charge on any atom is 0.416 e. The molecule has 0 unspecified atom stereocenters. The lowest BCUT2D eigenvalue weighted by Gasteiger charge is -2.19. The van der Waals surface area contributed by atoms with Gasteiger partial charge in [-0.3, -0.25) is 0 Å². The molecule has 1 fully saturated rings. The lowest BCUT2D eigenvalue weighted by Crippen LogP contribution is -2.27. The van der Waals surface area contributed by atoms with E-state index in [0.717, 1.165) is 18.6 Å². The Morgan fingerprint density at radius 2 is 2.12 bits per heavy atom. The van der Waals surface area contributed by atoms with Gasteiger partial charge in [0.15, 0.2) is 0 Å². The summed E-state index contributed by atoms with van der Waals surface area (Å²) in [4.78, 5) is 5.93. The molecule has 0 aliphatic carbocycles. The molecule has 0 bridgehead atoms. The molecule has 0 amide bonds. The number of nitrogens with zero attached hydrogens (tertiary/aromatic N) is 2. The third kappa shape index (κ3) is 2.69. The van der Waals surface area contributed by atoms with Gasteiger partial charge in [0.2, 0.25) is 0 Å². The van der Waals surface area contributed by atoms with Crippen LogP contribution in [0.2, 0.25) is 0 Å². The molecule has 2 rings (SSSR count). The first-order valence-electron chi connectivity index (χ1n) is 5.42. The van der Waals surface area contributed by atoms with Crippen molar-refractivity contribution in [2.75, 3.05) is 18.0 Å². The quantitative estimate of drug-likeness (QED) is 0.822. The van der Waals surface area contributed by atoms with Gasteiger partial charge in [-0.25, -0.2) is 4.98 Å². The van der Waals surface area contributed by atoms with Crippen molar-refractivity contribution >= 4 is 5.82 Å². The number of alkyl halides is 3. The van der Waals surface area contributed by atoms with Gasteiger partial charge in [0, 0.05) is 24.8 Å². The first-order valence-corrected chi connectivity index (χ1v) is 5.42. The Bertz CT molecular complexity index is 417. The number of hydrogen-bond acceptors (Lipinski definition) is 3. The number of halogens is 3. The SMILES string of the molecule is Cc1cc(C(F)(F)F)cc(N2CC[C@@H](N)C2)n1. The van der Waals surface area contributed by atoms with Crippen molar-refractivity contribution in [3.8, 4) is 0 Å². The fourth-order valence-corrected chi connectivity index (χ4v) is 1.97. The van der Waals surface area contributed by atoms with E-state index in [-0.39, 0.29) is 6.04 Å². The van der Waals surface area contributed by atoms with Crippen molar-refractivity contribution in [1.82, 2.24) is 4.98 Å². The average Bonchev–Trinajstić information content (AvgIpc) is 2.62. The molecule has 6 heteroatoms. The number of aromatic nitrogens is 1. The minimum absolute atomic E-state index is 0.0200. The van der Waals surface area contributed by atoms with Crippen LogP contribution in [0.3, 0.4) is 0 Å². The van der Waals surface area contributed by atoms with Crippen LogP contribution in [0, 0.1) is 6.92 Å². The minimum atomic E-state index is -4.33. The Kier molecular flexibility index (Phi) is 2.99. The van der Waals surface area contributed by atoms with Crippen LogP contribution >= 0.6 is 0 Å². The first kappa shape index (κ1) is 12.2. The summed E-state index contributed by atoms with van der Waals surface area (Å²) >= 11 is 0. The molecule has 1 aliphatic heterocycles. The largest absolute Gasteiger partial charge is 0.416 e. The topological polar surface area (TPSA) is 42.1 Å². The van der Waals surface area contributed by atoms with Crippen molar-refractivity contribution in [1.29, 1.82) is 0 Å². The molecule has 1 atom stereocenters. The molecule has 1 aliphatic rings. The van der Waals surface area contributed by atoms with Gasteiger partial charge in [-0.2, -0.15) is 13.2 Å². The molecule has 0 saturated carbocycles. The minimum Gasteiger partial charge on any atom is -0.355 e. The molecule has 0 spiro atoms. The zero-order valence-electron chi connectivity index (χ0n) is 9.46. The Morgan fingerprint density at radius 3 is 2.65 bits per heavy atom. The predicted octanol–water partition coefficient (Wildman–Crippen LogP) is 1.95. The molecule has 3 nitrogen and oxygen atoms in total. The number of hydrogen-bond donors (Lipinski definition) is 1. The van der Waals surface area contributed by atoms with Crippen LogP contribution in [0.4, 0.5) is 19.0 Å². The number of rotatable bonds is 1. The van der Waals surface area contributed by atoms with Crippen LogP contribution in [-0.4, -0.2) is 24.1 Å². The fraction of sp³-hybridized carbons (Fsp3) is 0.545. The smallest absolute Gasteiger partial charge is 0.355 e. The second-order valence-corrected chi connectivity index (χ2v) is 4.35. The van der Waals surface area contributed by atoms with E-state index in [1.807, 2.05) is 0 Å². The molecule has 1 aromatic rings. The Morgan fingerprint density at radius 1 is 1.41 bits per heavy atom. The highest BCUT2D eigenvalue weighted by Crippen LogP contribution is 2.32. The van der Waals surface area contributed by atoms with Crippen LogP contribution in [-0.2, 0) is 6.18 Å². The summed E-state index contributed by atoms with van der Waals surface area (Å²) < 4.78 is 37.9. The standard InChI is InChI=1S/C11H14F3N3/c1-7-4-8(11(12,13)14)5-10(16-7)17-3-2-9(15)6-17/h4-5,9H,2-3,6,15H2,1H3/t9-/m1/s1. The monoisotopic (exact) mass is 245 g/mol. The van der Waals surface area contributed by atoms with Crippen LogP contribution in [0.5, 0.6) is 0 Å². The second kappa shape index (κ2) is 4.18. The molecule has 1 saturated heterocycles. The number of nitrogens with two attached hydrogens (primary N) is 1. The summed E-state index contributed by atoms with van der Waals surface area (Å²) in [7, 11) is 0. The van der Waals surface area contributed by atoms with Gasteiger partial charge in [0.25, 0.3) is 0 Å². The lowest BCUT2D eigenvalue weighted by atomic mass is 10.2. The molecule has 2 N–H and O–H groups in total. The highest BCUT2D eigenvalue weighted by Gasteiger charge is 2.32. The molecular weight excluding hydrogens is 231 g/mol.